The lowest BCUT2D eigenvalue weighted by molar-refractivity contribution is -0.153. The Morgan fingerprint density at radius 3 is 2.56 bits per heavy atom. The summed E-state index contributed by atoms with van der Waals surface area (Å²) in [6, 6.07) is 0. The Labute approximate surface area is 109 Å². The third-order valence-corrected chi connectivity index (χ3v) is 4.57. The minimum atomic E-state index is -0.467. The summed E-state index contributed by atoms with van der Waals surface area (Å²) in [6.07, 6.45) is 2.53. The zero-order valence-electron chi connectivity index (χ0n) is 12.0. The highest BCUT2D eigenvalue weighted by molar-refractivity contribution is 5.75. The fraction of sp³-hybridized carbons (Fsp3) is 0.800. The highest BCUT2D eigenvalue weighted by Crippen LogP contribution is 2.59. The van der Waals surface area contributed by atoms with Crippen LogP contribution in [0.3, 0.4) is 0 Å². The van der Waals surface area contributed by atoms with Gasteiger partial charge >= 0.3 is 5.97 Å². The minimum absolute atomic E-state index is 0.137. The van der Waals surface area contributed by atoms with E-state index in [0.29, 0.717) is 18.4 Å². The standard InChI is InChI=1S/C15H24O3/c1-14(2,3)13(17)18-8-9-6-12(16)11-7-10(9)15(11,4)5/h6,10-12,16H,7-8H2,1-5H3/t10?,11-,12?/m0/s1. The van der Waals surface area contributed by atoms with Crippen molar-refractivity contribution >= 4 is 5.97 Å². The molecule has 0 heterocycles. The van der Waals surface area contributed by atoms with Crippen LogP contribution in [0, 0.1) is 22.7 Å². The molecule has 1 saturated carbocycles. The van der Waals surface area contributed by atoms with E-state index in [0.717, 1.165) is 12.0 Å². The molecule has 0 aromatic heterocycles. The van der Waals surface area contributed by atoms with Gasteiger partial charge < -0.3 is 9.84 Å². The zero-order valence-corrected chi connectivity index (χ0v) is 12.0. The van der Waals surface area contributed by atoms with Crippen LogP contribution < -0.4 is 0 Å². The molecule has 0 aromatic rings. The van der Waals surface area contributed by atoms with E-state index in [4.69, 9.17) is 4.74 Å². The number of aliphatic hydroxyl groups excluding tert-OH is 1. The summed E-state index contributed by atoms with van der Waals surface area (Å²) < 4.78 is 5.36. The van der Waals surface area contributed by atoms with Crippen LogP contribution in [0.2, 0.25) is 0 Å². The molecule has 3 heteroatoms. The number of carbonyl (C=O) groups excluding carboxylic acids is 1. The first-order valence-electron chi connectivity index (χ1n) is 6.70. The van der Waals surface area contributed by atoms with Gasteiger partial charge in [0.15, 0.2) is 0 Å². The lowest BCUT2D eigenvalue weighted by atomic mass is 9.48. The van der Waals surface area contributed by atoms with Gasteiger partial charge in [-0.15, -0.1) is 0 Å². The second-order valence-corrected chi connectivity index (χ2v) is 7.27. The molecule has 0 aromatic carbocycles. The summed E-state index contributed by atoms with van der Waals surface area (Å²) >= 11 is 0. The molecule has 2 unspecified atom stereocenters. The van der Waals surface area contributed by atoms with E-state index < -0.39 is 5.41 Å². The molecule has 1 fully saturated rings. The third kappa shape index (κ3) is 2.09. The van der Waals surface area contributed by atoms with Gasteiger partial charge in [0.05, 0.1) is 11.5 Å². The van der Waals surface area contributed by atoms with Crippen molar-refractivity contribution in [1.82, 2.24) is 0 Å². The van der Waals surface area contributed by atoms with E-state index in [1.54, 1.807) is 0 Å². The van der Waals surface area contributed by atoms with Gasteiger partial charge in [0.2, 0.25) is 0 Å². The molecular weight excluding hydrogens is 228 g/mol. The molecule has 1 N–H and O–H groups in total. The smallest absolute Gasteiger partial charge is 0.311 e. The van der Waals surface area contributed by atoms with E-state index in [2.05, 4.69) is 13.8 Å². The van der Waals surface area contributed by atoms with E-state index >= 15 is 0 Å². The number of ether oxygens (including phenoxy) is 1. The van der Waals surface area contributed by atoms with E-state index in [1.807, 2.05) is 26.8 Å². The molecule has 3 nitrogen and oxygen atoms in total. The number of carbonyl (C=O) groups is 1. The van der Waals surface area contributed by atoms with Gasteiger partial charge in [0.25, 0.3) is 0 Å². The summed E-state index contributed by atoms with van der Waals surface area (Å²) in [5.41, 5.74) is 0.760. The molecule has 3 rings (SSSR count). The lowest BCUT2D eigenvalue weighted by Gasteiger charge is -2.58. The van der Waals surface area contributed by atoms with Gasteiger partial charge in [-0.1, -0.05) is 19.9 Å². The van der Waals surface area contributed by atoms with Crippen LogP contribution in [-0.2, 0) is 9.53 Å². The number of hydrogen-bond donors (Lipinski definition) is 1. The molecule has 3 atom stereocenters. The predicted molar refractivity (Wildman–Crippen MR) is 69.9 cm³/mol. The first kappa shape index (κ1) is 13.6. The zero-order chi connectivity index (χ0) is 13.7. The molecule has 0 amide bonds. The van der Waals surface area contributed by atoms with Crippen molar-refractivity contribution in [3.8, 4) is 0 Å². The van der Waals surface area contributed by atoms with E-state index in [1.165, 1.54) is 0 Å². The summed E-state index contributed by atoms with van der Waals surface area (Å²) in [4.78, 5) is 11.8. The predicted octanol–water partition coefficient (Wildman–Crippen LogP) is 2.54. The molecule has 0 spiro atoms. The molecule has 0 saturated heterocycles. The van der Waals surface area contributed by atoms with Crippen LogP contribution in [0.4, 0.5) is 0 Å². The average molecular weight is 252 g/mol. The van der Waals surface area contributed by atoms with Crippen molar-refractivity contribution in [2.75, 3.05) is 6.61 Å². The maximum Gasteiger partial charge on any atom is 0.311 e. The van der Waals surface area contributed by atoms with Crippen molar-refractivity contribution in [3.63, 3.8) is 0 Å². The van der Waals surface area contributed by atoms with Crippen LogP contribution in [0.1, 0.15) is 41.0 Å². The van der Waals surface area contributed by atoms with Gasteiger partial charge in [0, 0.05) is 0 Å². The maximum absolute atomic E-state index is 11.8. The number of esters is 1. The van der Waals surface area contributed by atoms with Crippen molar-refractivity contribution in [1.29, 1.82) is 0 Å². The Bertz CT molecular complexity index is 387. The van der Waals surface area contributed by atoms with Crippen LogP contribution in [0.15, 0.2) is 11.6 Å². The quantitative estimate of drug-likeness (QED) is 0.607. The van der Waals surface area contributed by atoms with Gasteiger partial charge in [-0.05, 0) is 50.0 Å². The average Bonchev–Trinajstić information content (AvgIpc) is 2.23. The van der Waals surface area contributed by atoms with Crippen LogP contribution in [0.5, 0.6) is 0 Å². The van der Waals surface area contributed by atoms with Crippen molar-refractivity contribution in [2.45, 2.75) is 47.1 Å². The van der Waals surface area contributed by atoms with Crippen LogP contribution in [0.25, 0.3) is 0 Å². The normalized spacial score (nSPS) is 33.4. The molecule has 102 valence electrons. The molecule has 18 heavy (non-hydrogen) atoms. The summed E-state index contributed by atoms with van der Waals surface area (Å²) in [6.45, 7) is 10.3. The number of fused-ring (bicyclic) bond motifs is 1. The second-order valence-electron chi connectivity index (χ2n) is 7.27. The Hall–Kier alpha value is -0.830. The number of hydrogen-bond acceptors (Lipinski definition) is 3. The minimum Gasteiger partial charge on any atom is -0.461 e. The Morgan fingerprint density at radius 2 is 2.11 bits per heavy atom. The van der Waals surface area contributed by atoms with Gasteiger partial charge in [-0.2, -0.15) is 0 Å². The van der Waals surface area contributed by atoms with Gasteiger partial charge in [-0.25, -0.2) is 0 Å². The van der Waals surface area contributed by atoms with Gasteiger partial charge in [0.1, 0.15) is 6.61 Å². The molecule has 3 aliphatic rings. The fourth-order valence-electron chi connectivity index (χ4n) is 3.13. The molecule has 2 bridgehead atoms. The first-order valence-corrected chi connectivity index (χ1v) is 6.70. The van der Waals surface area contributed by atoms with Crippen LogP contribution in [-0.4, -0.2) is 23.8 Å². The van der Waals surface area contributed by atoms with Crippen LogP contribution >= 0.6 is 0 Å². The molecule has 0 aliphatic heterocycles. The number of aliphatic hydroxyl groups is 1. The second kappa shape index (κ2) is 4.09. The van der Waals surface area contributed by atoms with E-state index in [9.17, 15) is 9.90 Å². The Morgan fingerprint density at radius 1 is 1.50 bits per heavy atom. The van der Waals surface area contributed by atoms with Crippen molar-refractivity contribution in [3.05, 3.63) is 11.6 Å². The maximum atomic E-state index is 11.8. The highest BCUT2D eigenvalue weighted by atomic mass is 16.5. The molecule has 0 radical (unpaired) electrons. The first-order chi connectivity index (χ1) is 8.14. The molecule has 3 aliphatic carbocycles. The van der Waals surface area contributed by atoms with Crippen molar-refractivity contribution in [2.24, 2.45) is 22.7 Å². The third-order valence-electron chi connectivity index (χ3n) is 4.57. The Kier molecular flexibility index (Phi) is 3.09. The van der Waals surface area contributed by atoms with Crippen molar-refractivity contribution < 1.29 is 14.6 Å². The monoisotopic (exact) mass is 252 g/mol. The summed E-state index contributed by atoms with van der Waals surface area (Å²) in [7, 11) is 0. The SMILES string of the molecule is CC(C)(C)C(=O)OCC1=CC(O)[C@@H]2CC1C2(C)C. The number of rotatable bonds is 2. The summed E-state index contributed by atoms with van der Waals surface area (Å²) in [5.74, 6) is 0.639. The Balaban J connectivity index is 2.01. The fourth-order valence-corrected chi connectivity index (χ4v) is 3.13. The largest absolute Gasteiger partial charge is 0.461 e. The van der Waals surface area contributed by atoms with Gasteiger partial charge in [-0.3, -0.25) is 4.79 Å². The lowest BCUT2D eigenvalue weighted by Crippen LogP contribution is -2.54. The topological polar surface area (TPSA) is 46.5 Å². The highest BCUT2D eigenvalue weighted by Gasteiger charge is 2.55. The molecular formula is C15H24O3. The summed E-state index contributed by atoms with van der Waals surface area (Å²) in [5, 5.41) is 10.0. The van der Waals surface area contributed by atoms with E-state index in [-0.39, 0.29) is 17.5 Å².